The van der Waals surface area contributed by atoms with Gasteiger partial charge in [0, 0.05) is 29.7 Å². The number of phenols is 1. The Labute approximate surface area is 114 Å². The van der Waals surface area contributed by atoms with Crippen LogP contribution in [0.4, 0.5) is 0 Å². The maximum Gasteiger partial charge on any atom is 0.308 e. The molecule has 0 aliphatic carbocycles. The molecule has 0 saturated carbocycles. The van der Waals surface area contributed by atoms with Crippen LogP contribution in [0.5, 0.6) is 5.75 Å². The minimum atomic E-state index is -0.733. The van der Waals surface area contributed by atoms with Gasteiger partial charge in [0.05, 0.1) is 5.92 Å². The highest BCUT2D eigenvalue weighted by Crippen LogP contribution is 2.28. The van der Waals surface area contributed by atoms with Crippen LogP contribution < -0.4 is 0 Å². The molecule has 2 N–H and O–H groups in total. The zero-order chi connectivity index (χ0) is 13.3. The predicted molar refractivity (Wildman–Crippen MR) is 71.4 cm³/mol. The number of aliphatic carboxylic acids is 1. The average Bonchev–Trinajstić information content (AvgIpc) is 2.65. The Balaban J connectivity index is 2.07. The SMILES string of the molecule is C[C@@H]1CN(Cc2cc(Br)ccc2O)C[C@H]1C(=O)O. The largest absolute Gasteiger partial charge is 0.508 e. The van der Waals surface area contributed by atoms with Crippen LogP contribution in [0, 0.1) is 11.8 Å². The molecule has 2 atom stereocenters. The van der Waals surface area contributed by atoms with Crippen LogP contribution >= 0.6 is 15.9 Å². The molecule has 0 unspecified atom stereocenters. The van der Waals surface area contributed by atoms with Crippen LogP contribution in [0.25, 0.3) is 0 Å². The molecule has 0 bridgehead atoms. The molecule has 0 amide bonds. The third-order valence-electron chi connectivity index (χ3n) is 3.44. The second kappa shape index (κ2) is 5.28. The average molecular weight is 314 g/mol. The van der Waals surface area contributed by atoms with Gasteiger partial charge >= 0.3 is 5.97 Å². The zero-order valence-electron chi connectivity index (χ0n) is 10.1. The Morgan fingerprint density at radius 1 is 1.50 bits per heavy atom. The first-order valence-electron chi connectivity index (χ1n) is 5.90. The number of carboxylic acids is 1. The summed E-state index contributed by atoms with van der Waals surface area (Å²) in [5.41, 5.74) is 0.822. The van der Waals surface area contributed by atoms with Gasteiger partial charge in [0.2, 0.25) is 0 Å². The zero-order valence-corrected chi connectivity index (χ0v) is 11.7. The molecule has 0 aromatic heterocycles. The summed E-state index contributed by atoms with van der Waals surface area (Å²) in [5.74, 6) is -0.635. The van der Waals surface area contributed by atoms with E-state index >= 15 is 0 Å². The maximum atomic E-state index is 11.0. The fourth-order valence-corrected chi connectivity index (χ4v) is 2.85. The third kappa shape index (κ3) is 2.84. The van der Waals surface area contributed by atoms with Gasteiger partial charge in [-0.3, -0.25) is 9.69 Å². The molecule has 1 aliphatic rings. The molecule has 1 fully saturated rings. The van der Waals surface area contributed by atoms with Crippen LogP contribution in [-0.4, -0.2) is 34.2 Å². The summed E-state index contributed by atoms with van der Waals surface area (Å²) in [6.07, 6.45) is 0. The van der Waals surface area contributed by atoms with E-state index in [0.717, 1.165) is 16.6 Å². The number of nitrogens with zero attached hydrogens (tertiary/aromatic N) is 1. The van der Waals surface area contributed by atoms with E-state index in [4.69, 9.17) is 5.11 Å². The maximum absolute atomic E-state index is 11.0. The topological polar surface area (TPSA) is 60.8 Å². The number of halogens is 1. The molecule has 18 heavy (non-hydrogen) atoms. The summed E-state index contributed by atoms with van der Waals surface area (Å²) >= 11 is 3.37. The summed E-state index contributed by atoms with van der Waals surface area (Å²) < 4.78 is 0.914. The van der Waals surface area contributed by atoms with Crippen molar-refractivity contribution in [1.82, 2.24) is 4.90 Å². The van der Waals surface area contributed by atoms with Crippen molar-refractivity contribution in [3.05, 3.63) is 28.2 Å². The number of aromatic hydroxyl groups is 1. The van der Waals surface area contributed by atoms with E-state index in [2.05, 4.69) is 20.8 Å². The van der Waals surface area contributed by atoms with Crippen molar-refractivity contribution < 1.29 is 15.0 Å². The van der Waals surface area contributed by atoms with Crippen LogP contribution in [0.15, 0.2) is 22.7 Å². The normalized spacial score (nSPS) is 24.3. The van der Waals surface area contributed by atoms with Gasteiger partial charge in [-0.1, -0.05) is 22.9 Å². The number of carboxylic acid groups (broad SMARTS) is 1. The number of hydrogen-bond donors (Lipinski definition) is 2. The van der Waals surface area contributed by atoms with E-state index in [-0.39, 0.29) is 17.6 Å². The molecule has 98 valence electrons. The predicted octanol–water partition coefficient (Wildman–Crippen LogP) is 2.31. The third-order valence-corrected chi connectivity index (χ3v) is 3.93. The lowest BCUT2D eigenvalue weighted by atomic mass is 9.99. The Morgan fingerprint density at radius 2 is 2.22 bits per heavy atom. The van der Waals surface area contributed by atoms with Crippen LogP contribution in [-0.2, 0) is 11.3 Å². The lowest BCUT2D eigenvalue weighted by Crippen LogP contribution is -2.23. The van der Waals surface area contributed by atoms with Gasteiger partial charge in [-0.05, 0) is 24.1 Å². The quantitative estimate of drug-likeness (QED) is 0.899. The monoisotopic (exact) mass is 313 g/mol. The number of likely N-dealkylation sites (tertiary alicyclic amines) is 1. The van der Waals surface area contributed by atoms with Crippen LogP contribution in [0.2, 0.25) is 0 Å². The molecular weight excluding hydrogens is 298 g/mol. The highest BCUT2D eigenvalue weighted by molar-refractivity contribution is 9.10. The van der Waals surface area contributed by atoms with Gasteiger partial charge in [0.15, 0.2) is 0 Å². The van der Waals surface area contributed by atoms with Crippen LogP contribution in [0.1, 0.15) is 12.5 Å². The Hall–Kier alpha value is -1.07. The summed E-state index contributed by atoms with van der Waals surface area (Å²) in [4.78, 5) is 13.1. The number of rotatable bonds is 3. The van der Waals surface area contributed by atoms with Crippen molar-refractivity contribution in [3.63, 3.8) is 0 Å². The van der Waals surface area contributed by atoms with Gasteiger partial charge < -0.3 is 10.2 Å². The fraction of sp³-hybridized carbons (Fsp3) is 0.462. The summed E-state index contributed by atoms with van der Waals surface area (Å²) in [5, 5.41) is 18.9. The van der Waals surface area contributed by atoms with Crippen molar-refractivity contribution >= 4 is 21.9 Å². The van der Waals surface area contributed by atoms with Crippen molar-refractivity contribution in [2.24, 2.45) is 11.8 Å². The van der Waals surface area contributed by atoms with E-state index < -0.39 is 5.97 Å². The molecule has 1 aromatic rings. The minimum absolute atomic E-state index is 0.150. The Bertz CT molecular complexity index is 464. The summed E-state index contributed by atoms with van der Waals surface area (Å²) in [6, 6.07) is 5.30. The molecule has 5 heteroatoms. The lowest BCUT2D eigenvalue weighted by Gasteiger charge is -2.16. The molecule has 1 aromatic carbocycles. The summed E-state index contributed by atoms with van der Waals surface area (Å²) in [7, 11) is 0. The standard InChI is InChI=1S/C13H16BrNO3/c1-8-5-15(7-11(8)13(17)18)6-9-4-10(14)2-3-12(9)16/h2-4,8,11,16H,5-7H2,1H3,(H,17,18)/t8-,11-/m1/s1. The molecule has 1 saturated heterocycles. The van der Waals surface area contributed by atoms with E-state index in [1.807, 2.05) is 13.0 Å². The van der Waals surface area contributed by atoms with E-state index in [1.54, 1.807) is 12.1 Å². The van der Waals surface area contributed by atoms with Gasteiger partial charge in [0.25, 0.3) is 0 Å². The highest BCUT2D eigenvalue weighted by Gasteiger charge is 2.34. The van der Waals surface area contributed by atoms with Crippen molar-refractivity contribution in [1.29, 1.82) is 0 Å². The van der Waals surface area contributed by atoms with E-state index in [1.165, 1.54) is 0 Å². The minimum Gasteiger partial charge on any atom is -0.508 e. The first kappa shape index (κ1) is 13.4. The fourth-order valence-electron chi connectivity index (χ4n) is 2.44. The van der Waals surface area contributed by atoms with E-state index in [9.17, 15) is 9.90 Å². The van der Waals surface area contributed by atoms with Gasteiger partial charge in [-0.15, -0.1) is 0 Å². The van der Waals surface area contributed by atoms with Crippen molar-refractivity contribution in [3.8, 4) is 5.75 Å². The Morgan fingerprint density at radius 3 is 2.83 bits per heavy atom. The van der Waals surface area contributed by atoms with Crippen LogP contribution in [0.3, 0.4) is 0 Å². The number of carbonyl (C=O) groups is 1. The molecule has 1 aliphatic heterocycles. The Kier molecular flexibility index (Phi) is 3.92. The van der Waals surface area contributed by atoms with Gasteiger partial charge in [-0.25, -0.2) is 0 Å². The first-order chi connectivity index (χ1) is 8.47. The number of phenolic OH excluding ortho intramolecular Hbond substituents is 1. The van der Waals surface area contributed by atoms with E-state index in [0.29, 0.717) is 13.1 Å². The summed E-state index contributed by atoms with van der Waals surface area (Å²) in [6.45, 7) is 3.84. The van der Waals surface area contributed by atoms with Gasteiger partial charge in [0.1, 0.15) is 5.75 Å². The molecule has 2 rings (SSSR count). The second-order valence-corrected chi connectivity index (χ2v) is 5.80. The molecule has 0 spiro atoms. The highest BCUT2D eigenvalue weighted by atomic mass is 79.9. The second-order valence-electron chi connectivity index (χ2n) is 4.89. The van der Waals surface area contributed by atoms with Crippen molar-refractivity contribution in [2.75, 3.05) is 13.1 Å². The number of benzene rings is 1. The molecular formula is C13H16BrNO3. The molecule has 4 nitrogen and oxygen atoms in total. The smallest absolute Gasteiger partial charge is 0.308 e. The molecule has 1 heterocycles. The first-order valence-corrected chi connectivity index (χ1v) is 6.69. The molecule has 0 radical (unpaired) electrons. The number of hydrogen-bond acceptors (Lipinski definition) is 3. The lowest BCUT2D eigenvalue weighted by molar-refractivity contribution is -0.142. The van der Waals surface area contributed by atoms with Crippen molar-refractivity contribution in [2.45, 2.75) is 13.5 Å². The van der Waals surface area contributed by atoms with Gasteiger partial charge in [-0.2, -0.15) is 0 Å².